The molecule has 33 heavy (non-hydrogen) atoms. The van der Waals surface area contributed by atoms with E-state index in [4.69, 9.17) is 24.1 Å². The van der Waals surface area contributed by atoms with E-state index in [9.17, 15) is 19.5 Å². The van der Waals surface area contributed by atoms with Crippen molar-refractivity contribution in [3.05, 3.63) is 0 Å². The van der Waals surface area contributed by atoms with E-state index in [1.165, 1.54) is 7.11 Å². The highest BCUT2D eigenvalue weighted by Gasteiger charge is 2.21. The molecule has 0 bridgehead atoms. The maximum Gasteiger partial charge on any atom is 0.246 e. The predicted molar refractivity (Wildman–Crippen MR) is 119 cm³/mol. The van der Waals surface area contributed by atoms with Crippen LogP contribution in [0.1, 0.15) is 39.0 Å². The second-order valence-electron chi connectivity index (χ2n) is 7.14. The summed E-state index contributed by atoms with van der Waals surface area (Å²) in [5.41, 5.74) is 0. The number of carbonyl (C=O) groups excluding carboxylic acids is 3. The van der Waals surface area contributed by atoms with Gasteiger partial charge in [-0.05, 0) is 12.8 Å². The Kier molecular flexibility index (Phi) is 20.8. The Morgan fingerprint density at radius 2 is 1.48 bits per heavy atom. The van der Waals surface area contributed by atoms with Crippen molar-refractivity contribution in [1.82, 2.24) is 16.0 Å². The summed E-state index contributed by atoms with van der Waals surface area (Å²) < 4.78 is 20.4. The first kappa shape index (κ1) is 31.2. The molecule has 2 unspecified atom stereocenters. The van der Waals surface area contributed by atoms with E-state index < -0.39 is 12.3 Å². The lowest BCUT2D eigenvalue weighted by atomic mass is 10.1. The monoisotopic (exact) mass is 479 g/mol. The van der Waals surface area contributed by atoms with Gasteiger partial charge in [-0.25, -0.2) is 0 Å². The molecule has 0 spiro atoms. The molecule has 0 radical (unpaired) electrons. The molecule has 0 fully saturated rings. The van der Waals surface area contributed by atoms with Gasteiger partial charge in [0.2, 0.25) is 17.7 Å². The quantitative estimate of drug-likeness (QED) is 0.0935. The van der Waals surface area contributed by atoms with Gasteiger partial charge in [0.15, 0.2) is 6.29 Å². The molecule has 0 aromatic rings. The van der Waals surface area contributed by atoms with Crippen molar-refractivity contribution in [3.63, 3.8) is 0 Å². The highest BCUT2D eigenvalue weighted by atomic mass is 16.6. The van der Waals surface area contributed by atoms with Crippen LogP contribution in [0.3, 0.4) is 0 Å². The topological polar surface area (TPSA) is 165 Å². The van der Waals surface area contributed by atoms with Gasteiger partial charge in [0, 0.05) is 33.0 Å². The number of amides is 3. The van der Waals surface area contributed by atoms with E-state index >= 15 is 0 Å². The first-order valence-electron chi connectivity index (χ1n) is 11.3. The average molecular weight is 480 g/mol. The minimum absolute atomic E-state index is 0.0570. The third kappa shape index (κ3) is 19.4. The summed E-state index contributed by atoms with van der Waals surface area (Å²) in [7, 11) is 1.33. The summed E-state index contributed by atoms with van der Waals surface area (Å²) in [4.78, 5) is 35.3. The van der Waals surface area contributed by atoms with Gasteiger partial charge in [0.1, 0.15) is 6.61 Å². The van der Waals surface area contributed by atoms with E-state index in [1.54, 1.807) is 0 Å². The van der Waals surface area contributed by atoms with E-state index in [-0.39, 0.29) is 70.2 Å². The number of nitrogens with one attached hydrogen (secondary N) is 3. The first-order chi connectivity index (χ1) is 15.9. The first-order valence-corrected chi connectivity index (χ1v) is 11.3. The second kappa shape index (κ2) is 22.0. The molecule has 194 valence electrons. The minimum atomic E-state index is -1.19. The van der Waals surface area contributed by atoms with Crippen LogP contribution < -0.4 is 16.0 Å². The third-order valence-electron chi connectivity index (χ3n) is 4.35. The number of aliphatic hydroxyl groups is 2. The summed E-state index contributed by atoms with van der Waals surface area (Å²) in [6, 6.07) is -0.663. The normalized spacial score (nSPS) is 12.7. The van der Waals surface area contributed by atoms with Crippen LogP contribution in [0.25, 0.3) is 0 Å². The Morgan fingerprint density at radius 3 is 2.12 bits per heavy atom. The largest absolute Gasteiger partial charge is 0.394 e. The number of aliphatic hydroxyl groups excluding tert-OH is 2. The van der Waals surface area contributed by atoms with Gasteiger partial charge in [-0.1, -0.05) is 13.3 Å². The van der Waals surface area contributed by atoms with E-state index in [1.807, 2.05) is 6.92 Å². The molecule has 0 heterocycles. The molecule has 12 heteroatoms. The molecule has 0 aliphatic carbocycles. The van der Waals surface area contributed by atoms with Crippen molar-refractivity contribution in [2.45, 2.75) is 51.4 Å². The fourth-order valence-corrected chi connectivity index (χ4v) is 2.57. The molecule has 3 amide bonds. The van der Waals surface area contributed by atoms with Gasteiger partial charge in [-0.3, -0.25) is 14.4 Å². The average Bonchev–Trinajstić information content (AvgIpc) is 2.81. The summed E-state index contributed by atoms with van der Waals surface area (Å²) >= 11 is 0. The fourth-order valence-electron chi connectivity index (χ4n) is 2.57. The summed E-state index contributed by atoms with van der Waals surface area (Å²) in [6.45, 7) is 3.81. The van der Waals surface area contributed by atoms with Gasteiger partial charge in [0.05, 0.1) is 45.7 Å². The Hall–Kier alpha value is -1.83. The molecule has 0 rings (SSSR count). The lowest BCUT2D eigenvalue weighted by Crippen LogP contribution is -2.44. The molecule has 0 aromatic heterocycles. The van der Waals surface area contributed by atoms with Crippen molar-refractivity contribution in [3.8, 4) is 0 Å². The van der Waals surface area contributed by atoms with Gasteiger partial charge < -0.3 is 45.1 Å². The van der Waals surface area contributed by atoms with Crippen molar-refractivity contribution < 1.29 is 43.5 Å². The lowest BCUT2D eigenvalue weighted by Gasteiger charge is -2.23. The van der Waals surface area contributed by atoms with E-state index in [0.717, 1.165) is 12.8 Å². The number of rotatable bonds is 22. The summed E-state index contributed by atoms with van der Waals surface area (Å²) in [5.74, 6) is -0.683. The maximum atomic E-state index is 12.0. The standard InChI is InChI=1S/C21H41N3O9/c1-3-4-5-19(27)24-17(21(29)30-2)6-7-18(26)22-8-12-32-14-15-33-16-20(28)23-9-11-31-13-10-25/h17,21,25,29H,3-16H2,1-2H3,(H,22,26)(H,23,28)(H,24,27). The van der Waals surface area contributed by atoms with Gasteiger partial charge >= 0.3 is 0 Å². The number of ether oxygens (including phenoxy) is 4. The predicted octanol–water partition coefficient (Wildman–Crippen LogP) is -1.32. The Bertz CT molecular complexity index is 523. The molecule has 0 aliphatic rings. The number of methoxy groups -OCH3 is 1. The van der Waals surface area contributed by atoms with Crippen molar-refractivity contribution in [2.24, 2.45) is 0 Å². The van der Waals surface area contributed by atoms with Gasteiger partial charge in [0.25, 0.3) is 0 Å². The van der Waals surface area contributed by atoms with E-state index in [2.05, 4.69) is 16.0 Å². The molecule has 5 N–H and O–H groups in total. The molecule has 0 aromatic carbocycles. The molecular weight excluding hydrogens is 438 g/mol. The zero-order chi connectivity index (χ0) is 24.7. The Morgan fingerprint density at radius 1 is 0.848 bits per heavy atom. The van der Waals surface area contributed by atoms with Crippen LogP contribution in [0.5, 0.6) is 0 Å². The van der Waals surface area contributed by atoms with Crippen molar-refractivity contribution >= 4 is 17.7 Å². The molecule has 0 aliphatic heterocycles. The van der Waals surface area contributed by atoms with Crippen molar-refractivity contribution in [1.29, 1.82) is 0 Å². The molecule has 0 saturated heterocycles. The number of carbonyl (C=O) groups is 3. The van der Waals surface area contributed by atoms with Gasteiger partial charge in [-0.2, -0.15) is 0 Å². The van der Waals surface area contributed by atoms with Crippen LogP contribution in [0, 0.1) is 0 Å². The molecule has 12 nitrogen and oxygen atoms in total. The highest BCUT2D eigenvalue weighted by Crippen LogP contribution is 2.05. The smallest absolute Gasteiger partial charge is 0.246 e. The summed E-state index contributed by atoms with van der Waals surface area (Å²) in [6.07, 6.45) is 1.17. The van der Waals surface area contributed by atoms with Gasteiger partial charge in [-0.15, -0.1) is 0 Å². The van der Waals surface area contributed by atoms with Crippen LogP contribution >= 0.6 is 0 Å². The zero-order valence-electron chi connectivity index (χ0n) is 19.8. The number of hydrogen-bond acceptors (Lipinski definition) is 9. The molecule has 0 saturated carbocycles. The Balaban J connectivity index is 3.77. The second-order valence-corrected chi connectivity index (χ2v) is 7.14. The number of hydrogen-bond donors (Lipinski definition) is 5. The minimum Gasteiger partial charge on any atom is -0.394 e. The van der Waals surface area contributed by atoms with Crippen LogP contribution in [0.4, 0.5) is 0 Å². The molecular formula is C21H41N3O9. The fraction of sp³-hybridized carbons (Fsp3) is 0.857. The van der Waals surface area contributed by atoms with Crippen molar-refractivity contribution in [2.75, 3.05) is 66.4 Å². The van der Waals surface area contributed by atoms with E-state index in [0.29, 0.717) is 26.1 Å². The maximum absolute atomic E-state index is 12.0. The summed E-state index contributed by atoms with van der Waals surface area (Å²) in [5, 5.41) is 26.5. The number of unbranched alkanes of at least 4 members (excludes halogenated alkanes) is 1. The van der Waals surface area contributed by atoms with Crippen LogP contribution in [-0.4, -0.2) is 107 Å². The Labute approximate surface area is 195 Å². The van der Waals surface area contributed by atoms with Crippen LogP contribution in [-0.2, 0) is 33.3 Å². The van der Waals surface area contributed by atoms with Crippen LogP contribution in [0.2, 0.25) is 0 Å². The van der Waals surface area contributed by atoms with Crippen LogP contribution in [0.15, 0.2) is 0 Å². The SMILES string of the molecule is CCCCC(=O)NC(CCC(=O)NCCOCCOCC(=O)NCCOCCO)C(O)OC. The third-order valence-corrected chi connectivity index (χ3v) is 4.35. The zero-order valence-corrected chi connectivity index (χ0v) is 19.8. The molecule has 2 atom stereocenters. The lowest BCUT2D eigenvalue weighted by molar-refractivity contribution is -0.132. The highest BCUT2D eigenvalue weighted by molar-refractivity contribution is 5.77.